The SMILES string of the molecule is CCOC(=O)CC1COc2cc(OCc3cccc4c3CN(c3ccc(C)cc3)C4=O)ccc21. The zero-order valence-corrected chi connectivity index (χ0v) is 19.4. The van der Waals surface area contributed by atoms with Gasteiger partial charge in [0.2, 0.25) is 0 Å². The first-order valence-electron chi connectivity index (χ1n) is 11.6. The number of amides is 1. The number of nitrogens with zero attached hydrogens (tertiary/aromatic N) is 1. The van der Waals surface area contributed by atoms with E-state index in [2.05, 4.69) is 0 Å². The van der Waals surface area contributed by atoms with Crippen molar-refractivity contribution in [2.75, 3.05) is 18.1 Å². The Morgan fingerprint density at radius 1 is 1.12 bits per heavy atom. The van der Waals surface area contributed by atoms with E-state index in [0.717, 1.165) is 39.3 Å². The van der Waals surface area contributed by atoms with Crippen LogP contribution in [-0.4, -0.2) is 25.1 Å². The number of hydrogen-bond acceptors (Lipinski definition) is 5. The third-order valence-electron chi connectivity index (χ3n) is 6.39. The first-order chi connectivity index (χ1) is 16.5. The van der Waals surface area contributed by atoms with Crippen LogP contribution in [0.1, 0.15) is 51.9 Å². The standard InChI is InChI=1S/C28H27NO5/c1-3-32-27(30)13-20-17-34-26-14-22(11-12-23(20)26)33-16-19-5-4-6-24-25(19)15-29(28(24)31)21-9-7-18(2)8-10-21/h4-12,14,20H,3,13,15-17H2,1-2H3. The molecule has 174 valence electrons. The van der Waals surface area contributed by atoms with Crippen molar-refractivity contribution in [3.8, 4) is 11.5 Å². The van der Waals surface area contributed by atoms with Gasteiger partial charge >= 0.3 is 5.97 Å². The van der Waals surface area contributed by atoms with Gasteiger partial charge in [-0.1, -0.05) is 35.9 Å². The van der Waals surface area contributed by atoms with E-state index in [1.807, 2.05) is 67.6 Å². The lowest BCUT2D eigenvalue weighted by atomic mass is 9.98. The van der Waals surface area contributed by atoms with Crippen molar-refractivity contribution in [3.63, 3.8) is 0 Å². The number of aryl methyl sites for hydroxylation is 1. The molecule has 1 amide bonds. The number of anilines is 1. The number of hydrogen-bond donors (Lipinski definition) is 0. The van der Waals surface area contributed by atoms with Crippen molar-refractivity contribution >= 4 is 17.6 Å². The van der Waals surface area contributed by atoms with E-state index in [4.69, 9.17) is 14.2 Å². The van der Waals surface area contributed by atoms with Crippen molar-refractivity contribution in [3.05, 3.63) is 88.5 Å². The second-order valence-corrected chi connectivity index (χ2v) is 8.68. The minimum atomic E-state index is -0.212. The summed E-state index contributed by atoms with van der Waals surface area (Å²) in [4.78, 5) is 26.7. The van der Waals surface area contributed by atoms with Crippen molar-refractivity contribution in [1.29, 1.82) is 0 Å². The molecular formula is C28H27NO5. The minimum Gasteiger partial charge on any atom is -0.492 e. The van der Waals surface area contributed by atoms with Gasteiger partial charge in [0.05, 0.1) is 26.2 Å². The fourth-order valence-corrected chi connectivity index (χ4v) is 4.56. The smallest absolute Gasteiger partial charge is 0.306 e. The zero-order valence-electron chi connectivity index (χ0n) is 19.4. The Bertz CT molecular complexity index is 1230. The van der Waals surface area contributed by atoms with Crippen LogP contribution < -0.4 is 14.4 Å². The molecule has 0 saturated carbocycles. The number of fused-ring (bicyclic) bond motifs is 2. The van der Waals surface area contributed by atoms with Gasteiger partial charge in [-0.2, -0.15) is 0 Å². The summed E-state index contributed by atoms with van der Waals surface area (Å²) in [7, 11) is 0. The van der Waals surface area contributed by atoms with Gasteiger partial charge in [0, 0.05) is 28.8 Å². The maximum Gasteiger partial charge on any atom is 0.306 e. The number of rotatable bonds is 7. The van der Waals surface area contributed by atoms with E-state index in [1.165, 1.54) is 0 Å². The fourth-order valence-electron chi connectivity index (χ4n) is 4.56. The lowest BCUT2D eigenvalue weighted by molar-refractivity contribution is -0.143. The molecule has 34 heavy (non-hydrogen) atoms. The maximum absolute atomic E-state index is 13.0. The summed E-state index contributed by atoms with van der Waals surface area (Å²) in [6.07, 6.45) is 0.308. The van der Waals surface area contributed by atoms with Gasteiger partial charge in [-0.3, -0.25) is 9.59 Å². The Balaban J connectivity index is 1.28. The van der Waals surface area contributed by atoms with E-state index < -0.39 is 0 Å². The van der Waals surface area contributed by atoms with Crippen LogP contribution >= 0.6 is 0 Å². The molecule has 3 aromatic rings. The van der Waals surface area contributed by atoms with Crippen molar-refractivity contribution in [2.45, 2.75) is 39.3 Å². The van der Waals surface area contributed by atoms with Crippen LogP contribution in [0.3, 0.4) is 0 Å². The highest BCUT2D eigenvalue weighted by molar-refractivity contribution is 6.10. The first-order valence-corrected chi connectivity index (χ1v) is 11.6. The van der Waals surface area contributed by atoms with Crippen molar-refractivity contribution in [1.82, 2.24) is 0 Å². The maximum atomic E-state index is 13.0. The molecular weight excluding hydrogens is 430 g/mol. The van der Waals surface area contributed by atoms with E-state index >= 15 is 0 Å². The number of benzene rings is 3. The minimum absolute atomic E-state index is 0.000683. The van der Waals surface area contributed by atoms with Gasteiger partial charge in [-0.25, -0.2) is 0 Å². The summed E-state index contributed by atoms with van der Waals surface area (Å²) in [5.74, 6) is 1.23. The molecule has 0 radical (unpaired) electrons. The molecule has 6 nitrogen and oxygen atoms in total. The number of carbonyl (C=O) groups excluding carboxylic acids is 2. The predicted molar refractivity (Wildman–Crippen MR) is 128 cm³/mol. The highest BCUT2D eigenvalue weighted by Gasteiger charge is 2.31. The third-order valence-corrected chi connectivity index (χ3v) is 6.39. The van der Waals surface area contributed by atoms with Crippen LogP contribution in [0.15, 0.2) is 60.7 Å². The molecule has 0 saturated heterocycles. The molecule has 0 fully saturated rings. The van der Waals surface area contributed by atoms with Gasteiger partial charge in [0.15, 0.2) is 0 Å². The largest absolute Gasteiger partial charge is 0.492 e. The normalized spacial score (nSPS) is 16.1. The summed E-state index contributed by atoms with van der Waals surface area (Å²) in [6.45, 7) is 5.55. The monoisotopic (exact) mass is 457 g/mol. The molecule has 0 bridgehead atoms. The summed E-state index contributed by atoms with van der Waals surface area (Å²) in [5.41, 5.74) is 5.77. The van der Waals surface area contributed by atoms with E-state index in [-0.39, 0.29) is 17.8 Å². The second-order valence-electron chi connectivity index (χ2n) is 8.68. The van der Waals surface area contributed by atoms with E-state index in [1.54, 1.807) is 11.8 Å². The quantitative estimate of drug-likeness (QED) is 0.459. The molecule has 3 aromatic carbocycles. The predicted octanol–water partition coefficient (Wildman–Crippen LogP) is 5.16. The Morgan fingerprint density at radius 3 is 2.74 bits per heavy atom. The van der Waals surface area contributed by atoms with Gasteiger partial charge in [0.25, 0.3) is 5.91 Å². The zero-order chi connectivity index (χ0) is 23.7. The summed E-state index contributed by atoms with van der Waals surface area (Å²) in [5, 5.41) is 0. The van der Waals surface area contributed by atoms with Gasteiger partial charge < -0.3 is 19.1 Å². The van der Waals surface area contributed by atoms with Crippen molar-refractivity contribution in [2.24, 2.45) is 0 Å². The topological polar surface area (TPSA) is 65.1 Å². The molecule has 0 spiro atoms. The van der Waals surface area contributed by atoms with Crippen LogP contribution in [-0.2, 0) is 22.7 Å². The molecule has 1 unspecified atom stereocenters. The average Bonchev–Trinajstić information content (AvgIpc) is 3.39. The molecule has 0 aromatic heterocycles. The van der Waals surface area contributed by atoms with Crippen molar-refractivity contribution < 1.29 is 23.8 Å². The Kier molecular flexibility index (Phi) is 5.97. The molecule has 1 atom stereocenters. The van der Waals surface area contributed by atoms with Gasteiger partial charge in [-0.05, 0) is 49.2 Å². The lowest BCUT2D eigenvalue weighted by Crippen LogP contribution is -2.22. The fraction of sp³-hybridized carbons (Fsp3) is 0.286. The average molecular weight is 458 g/mol. The third kappa shape index (κ3) is 4.23. The molecule has 2 aliphatic rings. The molecule has 5 rings (SSSR count). The molecule has 0 aliphatic carbocycles. The van der Waals surface area contributed by atoms with Crippen LogP contribution in [0, 0.1) is 6.92 Å². The van der Waals surface area contributed by atoms with Gasteiger partial charge in [-0.15, -0.1) is 0 Å². The molecule has 2 heterocycles. The Hall–Kier alpha value is -3.80. The van der Waals surface area contributed by atoms with Gasteiger partial charge in [0.1, 0.15) is 18.1 Å². The molecule has 2 aliphatic heterocycles. The van der Waals surface area contributed by atoms with Crippen LogP contribution in [0.4, 0.5) is 5.69 Å². The van der Waals surface area contributed by atoms with Crippen LogP contribution in [0.25, 0.3) is 0 Å². The Morgan fingerprint density at radius 2 is 1.94 bits per heavy atom. The highest BCUT2D eigenvalue weighted by Crippen LogP contribution is 2.39. The summed E-state index contributed by atoms with van der Waals surface area (Å²) >= 11 is 0. The van der Waals surface area contributed by atoms with E-state index in [0.29, 0.717) is 38.5 Å². The summed E-state index contributed by atoms with van der Waals surface area (Å²) < 4.78 is 17.0. The van der Waals surface area contributed by atoms with E-state index in [9.17, 15) is 9.59 Å². The second kappa shape index (κ2) is 9.21. The first kappa shape index (κ1) is 22.0. The molecule has 0 N–H and O–H groups in total. The van der Waals surface area contributed by atoms with Crippen LogP contribution in [0.5, 0.6) is 11.5 Å². The van der Waals surface area contributed by atoms with Crippen LogP contribution in [0.2, 0.25) is 0 Å². The summed E-state index contributed by atoms with van der Waals surface area (Å²) in [6, 6.07) is 19.5. The Labute approximate surface area is 199 Å². The highest BCUT2D eigenvalue weighted by atomic mass is 16.5. The number of carbonyl (C=O) groups is 2. The molecule has 6 heteroatoms. The number of esters is 1. The number of ether oxygens (including phenoxy) is 3. The lowest BCUT2D eigenvalue weighted by Gasteiger charge is -2.16.